The van der Waals surface area contributed by atoms with Gasteiger partial charge in [0, 0.05) is 28.3 Å². The van der Waals surface area contributed by atoms with E-state index in [1.165, 1.54) is 106 Å². The van der Waals surface area contributed by atoms with Crippen molar-refractivity contribution in [2.75, 3.05) is 9.80 Å². The molecule has 0 radical (unpaired) electrons. The summed E-state index contributed by atoms with van der Waals surface area (Å²) in [6, 6.07) is 122. The van der Waals surface area contributed by atoms with Crippen LogP contribution in [-0.4, -0.2) is 0 Å². The lowest BCUT2D eigenvalue weighted by Crippen LogP contribution is -2.35. The van der Waals surface area contributed by atoms with Gasteiger partial charge in [0.15, 0.2) is 0 Å². The number of rotatable bonds is 10. The highest BCUT2D eigenvalue weighted by molar-refractivity contribution is 6.02. The van der Waals surface area contributed by atoms with Crippen molar-refractivity contribution in [2.24, 2.45) is 0 Å². The van der Waals surface area contributed by atoms with Crippen LogP contribution in [0.5, 0.6) is 0 Å². The number of hydrogen-bond donors (Lipinski definition) is 0. The molecule has 0 amide bonds. The lowest BCUT2D eigenvalue weighted by molar-refractivity contribution is 0.754. The second-order valence-electron chi connectivity index (χ2n) is 21.9. The van der Waals surface area contributed by atoms with Crippen molar-refractivity contribution in [1.82, 2.24) is 0 Å². The highest BCUT2D eigenvalue weighted by atomic mass is 15.2. The number of hydrogen-bond acceptors (Lipinski definition) is 2. The Hall–Kier alpha value is -10.5. The quantitative estimate of drug-likeness (QED) is 0.135. The van der Waals surface area contributed by atoms with Crippen LogP contribution in [-0.2, 0) is 10.8 Å². The largest absolute Gasteiger partial charge is 0.310 e. The molecule has 13 aromatic carbocycles. The summed E-state index contributed by atoms with van der Waals surface area (Å²) in [6.45, 7) is 0. The number of benzene rings is 13. The van der Waals surface area contributed by atoms with Crippen LogP contribution in [0.15, 0.2) is 328 Å². The molecule has 0 saturated carbocycles. The maximum atomic E-state index is 2.55. The van der Waals surface area contributed by atoms with Crippen LogP contribution in [0, 0.1) is 0 Å². The summed E-state index contributed by atoms with van der Waals surface area (Å²) in [5.41, 5.74) is 27.9. The lowest BCUT2D eigenvalue weighted by atomic mass is 9.64. The van der Waals surface area contributed by atoms with Crippen LogP contribution in [0.4, 0.5) is 34.1 Å². The summed E-state index contributed by atoms with van der Waals surface area (Å²) in [5.74, 6) is 0. The van der Waals surface area contributed by atoms with E-state index in [0.29, 0.717) is 0 Å². The fraction of sp³-hybridized carbons (Fsp3) is 0.0250. The first-order valence-corrected chi connectivity index (χ1v) is 28.5. The Morgan fingerprint density at radius 1 is 0.232 bits per heavy atom. The maximum Gasteiger partial charge on any atom is 0.0754 e. The lowest BCUT2D eigenvalue weighted by Gasteiger charge is -2.44. The average molecular weight is 1040 g/mol. The Labute approximate surface area is 479 Å². The highest BCUT2D eigenvalue weighted by Crippen LogP contribution is 2.66. The van der Waals surface area contributed by atoms with Crippen molar-refractivity contribution in [3.63, 3.8) is 0 Å². The topological polar surface area (TPSA) is 6.48 Å². The third kappa shape index (κ3) is 7.08. The minimum absolute atomic E-state index is 0.547. The molecule has 0 N–H and O–H groups in total. The SMILES string of the molecule is c1ccc(-c2ccc(N(c3ccc(-c4cc5c(cc4-c4ccccc4)-c4cccc6c4C5(c4ccccc4)c4ccccc4N6c4ccccc4)cc3)c3ccc4c(c3)C(c3ccccc3)(c3ccccc3)c3ccccc3-4)cc2)cc1. The van der Waals surface area contributed by atoms with E-state index in [4.69, 9.17) is 0 Å². The first kappa shape index (κ1) is 47.5. The zero-order valence-electron chi connectivity index (χ0n) is 45.1. The number of nitrogens with zero attached hydrogens (tertiary/aromatic N) is 2. The molecule has 1 aliphatic heterocycles. The number of fused-ring (bicyclic) bond motifs is 8. The summed E-state index contributed by atoms with van der Waals surface area (Å²) in [6.07, 6.45) is 0. The fourth-order valence-corrected chi connectivity index (χ4v) is 14.3. The Morgan fingerprint density at radius 3 is 1.29 bits per heavy atom. The average Bonchev–Trinajstić information content (AvgIpc) is 2.22. The van der Waals surface area contributed by atoms with Crippen LogP contribution in [0.3, 0.4) is 0 Å². The van der Waals surface area contributed by atoms with Crippen molar-refractivity contribution in [1.29, 1.82) is 0 Å². The van der Waals surface area contributed by atoms with Gasteiger partial charge in [0.05, 0.1) is 22.2 Å². The van der Waals surface area contributed by atoms with Crippen LogP contribution in [0.1, 0.15) is 44.5 Å². The first-order valence-electron chi connectivity index (χ1n) is 28.5. The van der Waals surface area contributed by atoms with E-state index in [1.54, 1.807) is 0 Å². The predicted octanol–water partition coefficient (Wildman–Crippen LogP) is 20.7. The molecule has 3 aliphatic rings. The van der Waals surface area contributed by atoms with Crippen LogP contribution >= 0.6 is 0 Å². The van der Waals surface area contributed by atoms with E-state index >= 15 is 0 Å². The van der Waals surface area contributed by atoms with Gasteiger partial charge in [0.2, 0.25) is 0 Å². The summed E-state index contributed by atoms with van der Waals surface area (Å²) < 4.78 is 0. The normalized spacial score (nSPS) is 14.7. The molecule has 2 heteroatoms. The van der Waals surface area contributed by atoms with Crippen LogP contribution < -0.4 is 9.80 Å². The predicted molar refractivity (Wildman–Crippen MR) is 340 cm³/mol. The molecule has 1 atom stereocenters. The molecule has 82 heavy (non-hydrogen) atoms. The van der Waals surface area contributed by atoms with Crippen LogP contribution in [0.25, 0.3) is 55.6 Å². The molecular weight excluding hydrogens is 989 g/mol. The van der Waals surface area contributed by atoms with E-state index < -0.39 is 10.8 Å². The van der Waals surface area contributed by atoms with Gasteiger partial charge in [-0.15, -0.1) is 0 Å². The van der Waals surface area contributed by atoms with Crippen molar-refractivity contribution in [2.45, 2.75) is 10.8 Å². The van der Waals surface area contributed by atoms with Gasteiger partial charge in [-0.05, 0) is 167 Å². The summed E-state index contributed by atoms with van der Waals surface area (Å²) in [4.78, 5) is 4.92. The van der Waals surface area contributed by atoms with E-state index in [2.05, 4.69) is 337 Å². The Morgan fingerprint density at radius 2 is 0.659 bits per heavy atom. The fourth-order valence-electron chi connectivity index (χ4n) is 14.3. The van der Waals surface area contributed by atoms with Crippen molar-refractivity contribution >= 4 is 34.1 Å². The molecular formula is C80H54N2. The highest BCUT2D eigenvalue weighted by Gasteiger charge is 2.53. The van der Waals surface area contributed by atoms with E-state index in [-0.39, 0.29) is 0 Å². The molecule has 0 aromatic heterocycles. The maximum absolute atomic E-state index is 2.55. The molecule has 384 valence electrons. The van der Waals surface area contributed by atoms with E-state index in [0.717, 1.165) is 28.3 Å². The van der Waals surface area contributed by atoms with E-state index in [1.807, 2.05) is 0 Å². The molecule has 0 fully saturated rings. The molecule has 0 saturated heterocycles. The second kappa shape index (κ2) is 19.1. The van der Waals surface area contributed by atoms with Gasteiger partial charge in [-0.25, -0.2) is 0 Å². The second-order valence-corrected chi connectivity index (χ2v) is 21.9. The van der Waals surface area contributed by atoms with Crippen LogP contribution in [0.2, 0.25) is 0 Å². The Balaban J connectivity index is 0.903. The van der Waals surface area contributed by atoms with Gasteiger partial charge in [-0.2, -0.15) is 0 Å². The summed E-state index contributed by atoms with van der Waals surface area (Å²) >= 11 is 0. The third-order valence-electron chi connectivity index (χ3n) is 17.7. The molecule has 2 aliphatic carbocycles. The Bertz CT molecular complexity index is 4480. The smallest absolute Gasteiger partial charge is 0.0754 e. The Kier molecular flexibility index (Phi) is 11.0. The zero-order chi connectivity index (χ0) is 54.2. The van der Waals surface area contributed by atoms with E-state index in [9.17, 15) is 0 Å². The van der Waals surface area contributed by atoms with Gasteiger partial charge >= 0.3 is 0 Å². The van der Waals surface area contributed by atoms with Gasteiger partial charge < -0.3 is 9.80 Å². The minimum Gasteiger partial charge on any atom is -0.310 e. The molecule has 0 spiro atoms. The molecule has 13 aromatic rings. The summed E-state index contributed by atoms with van der Waals surface area (Å²) in [7, 11) is 0. The molecule has 1 heterocycles. The first-order chi connectivity index (χ1) is 40.7. The van der Waals surface area contributed by atoms with Gasteiger partial charge in [-0.1, -0.05) is 255 Å². The molecule has 16 rings (SSSR count). The van der Waals surface area contributed by atoms with Gasteiger partial charge in [0.1, 0.15) is 0 Å². The zero-order valence-corrected chi connectivity index (χ0v) is 45.1. The number of anilines is 6. The molecule has 2 nitrogen and oxygen atoms in total. The molecule has 0 bridgehead atoms. The minimum atomic E-state index is -0.598. The van der Waals surface area contributed by atoms with Gasteiger partial charge in [0.25, 0.3) is 0 Å². The third-order valence-corrected chi connectivity index (χ3v) is 17.7. The standard InChI is InChI=1S/C80H54N2/c1-7-24-55(25-8-1)56-42-46-63(47-43-56)81(65-50-51-67-66-36-19-20-38-72(66)79(74(67)52-65,59-28-11-3-12-29-59)60-30-13-4-14-31-60)64-48-44-58(45-49-64)70-54-75-71(53-69(70)57-26-9-2-10-27-57)68-37-23-41-77-78(68)80(75,61-32-15-5-16-33-61)73-39-21-22-40-76(73)82(77)62-34-17-6-18-35-62/h1-54H. The monoisotopic (exact) mass is 1040 g/mol. The van der Waals surface area contributed by atoms with Crippen molar-refractivity contribution < 1.29 is 0 Å². The van der Waals surface area contributed by atoms with Crippen molar-refractivity contribution in [3.8, 4) is 55.6 Å². The van der Waals surface area contributed by atoms with Gasteiger partial charge in [-0.3, -0.25) is 0 Å². The number of para-hydroxylation sites is 2. The summed E-state index contributed by atoms with van der Waals surface area (Å²) in [5, 5.41) is 0. The molecule has 1 unspecified atom stereocenters. The van der Waals surface area contributed by atoms with Crippen molar-refractivity contribution in [3.05, 3.63) is 372 Å².